The van der Waals surface area contributed by atoms with Crippen molar-refractivity contribution < 1.29 is 23.8 Å². The first-order valence-electron chi connectivity index (χ1n) is 4.34. The summed E-state index contributed by atoms with van der Waals surface area (Å²) in [5, 5.41) is 18.5. The Hall–Kier alpha value is 0.0700. The van der Waals surface area contributed by atoms with Gasteiger partial charge in [0.05, 0.1) is 24.4 Å². The van der Waals surface area contributed by atoms with Gasteiger partial charge < -0.3 is 19.3 Å². The monoisotopic (exact) mass is 226 g/mol. The highest BCUT2D eigenvalue weighted by Gasteiger charge is 2.17. The predicted molar refractivity (Wildman–Crippen MR) is 53.5 cm³/mol. The molecule has 0 radical (unpaired) electrons. The Morgan fingerprint density at radius 1 is 1.00 bits per heavy atom. The van der Waals surface area contributed by atoms with Crippen LogP contribution in [0.4, 0.5) is 0 Å². The molecule has 0 aliphatic heterocycles. The predicted octanol–water partition coefficient (Wildman–Crippen LogP) is 0.951. The van der Waals surface area contributed by atoms with Crippen LogP contribution in [0.3, 0.4) is 0 Å². The summed E-state index contributed by atoms with van der Waals surface area (Å²) in [5.41, 5.74) is -2.06. The number of hydrogen-bond donors (Lipinski definition) is 2. The van der Waals surface area contributed by atoms with Gasteiger partial charge >= 0.3 is 8.25 Å². The second-order valence-corrected chi connectivity index (χ2v) is 5.53. The molecule has 0 fully saturated rings. The molecular weight excluding hydrogens is 207 g/mol. The van der Waals surface area contributed by atoms with Crippen molar-refractivity contribution in [3.05, 3.63) is 0 Å². The van der Waals surface area contributed by atoms with Crippen LogP contribution in [0.1, 0.15) is 27.7 Å². The Kier molecular flexibility index (Phi) is 5.26. The first kappa shape index (κ1) is 14.1. The Balaban J connectivity index is 3.68. The maximum absolute atomic E-state index is 11.1. The van der Waals surface area contributed by atoms with Crippen molar-refractivity contribution in [2.75, 3.05) is 13.2 Å². The van der Waals surface area contributed by atoms with Crippen molar-refractivity contribution in [1.82, 2.24) is 0 Å². The van der Waals surface area contributed by atoms with Gasteiger partial charge in [-0.2, -0.15) is 0 Å². The zero-order chi connectivity index (χ0) is 11.4. The van der Waals surface area contributed by atoms with Gasteiger partial charge in [0.1, 0.15) is 0 Å². The van der Waals surface area contributed by atoms with Crippen LogP contribution < -0.4 is 0 Å². The number of hydrogen-bond acceptors (Lipinski definition) is 5. The summed E-state index contributed by atoms with van der Waals surface area (Å²) in [6.07, 6.45) is 0. The van der Waals surface area contributed by atoms with Crippen molar-refractivity contribution in [2.45, 2.75) is 38.9 Å². The summed E-state index contributed by atoms with van der Waals surface area (Å²) < 4.78 is 20.6. The zero-order valence-electron chi connectivity index (χ0n) is 9.03. The number of rotatable bonds is 6. The molecule has 86 valence electrons. The standard InChI is InChI=1S/C8H19O5P/c1-7(2,9)5-12-14(11)13-6-8(3,4)10/h9-10,14H,5-6H2,1-4H3. The molecule has 0 aromatic heterocycles. The summed E-state index contributed by atoms with van der Waals surface area (Å²) in [6.45, 7) is 6.04. The van der Waals surface area contributed by atoms with Crippen molar-refractivity contribution in [3.8, 4) is 0 Å². The van der Waals surface area contributed by atoms with Gasteiger partial charge in [-0.15, -0.1) is 0 Å². The highest BCUT2D eigenvalue weighted by atomic mass is 31.1. The molecule has 0 rings (SSSR count). The topological polar surface area (TPSA) is 76.0 Å². The average molecular weight is 226 g/mol. The third kappa shape index (κ3) is 10.2. The van der Waals surface area contributed by atoms with Gasteiger partial charge in [-0.25, -0.2) is 0 Å². The van der Waals surface area contributed by atoms with Gasteiger partial charge in [-0.1, -0.05) is 0 Å². The van der Waals surface area contributed by atoms with Crippen LogP contribution in [0.25, 0.3) is 0 Å². The van der Waals surface area contributed by atoms with E-state index in [9.17, 15) is 14.8 Å². The lowest BCUT2D eigenvalue weighted by Gasteiger charge is -2.19. The quantitative estimate of drug-likeness (QED) is 0.659. The molecule has 0 atom stereocenters. The summed E-state index contributed by atoms with van der Waals surface area (Å²) >= 11 is 0. The number of aliphatic hydroxyl groups is 2. The Morgan fingerprint density at radius 3 is 1.50 bits per heavy atom. The third-order valence-corrected chi connectivity index (χ3v) is 1.85. The molecular formula is C8H19O5P. The van der Waals surface area contributed by atoms with Crippen molar-refractivity contribution >= 4 is 8.25 Å². The molecule has 6 heteroatoms. The van der Waals surface area contributed by atoms with Gasteiger partial charge in [-0.05, 0) is 27.7 Å². The molecule has 0 bridgehead atoms. The maximum atomic E-state index is 11.1. The normalized spacial score (nSPS) is 13.6. The van der Waals surface area contributed by atoms with Gasteiger partial charge in [0.25, 0.3) is 0 Å². The van der Waals surface area contributed by atoms with Crippen LogP contribution in [0.15, 0.2) is 0 Å². The minimum atomic E-state index is -2.63. The lowest BCUT2D eigenvalue weighted by Crippen LogP contribution is -2.26. The first-order valence-corrected chi connectivity index (χ1v) is 5.57. The lowest BCUT2D eigenvalue weighted by atomic mass is 10.2. The molecule has 0 heterocycles. The smallest absolute Gasteiger partial charge is 0.319 e. The fraction of sp³-hybridized carbons (Fsp3) is 1.00. The summed E-state index contributed by atoms with van der Waals surface area (Å²) in [7, 11) is -2.63. The third-order valence-electron chi connectivity index (χ3n) is 1.09. The van der Waals surface area contributed by atoms with E-state index in [2.05, 4.69) is 0 Å². The Bertz CT molecular complexity index is 171. The minimum Gasteiger partial charge on any atom is -0.388 e. The highest BCUT2D eigenvalue weighted by molar-refractivity contribution is 7.33. The SMILES string of the molecule is CC(C)(O)CO[PH](=O)OCC(C)(C)O. The summed E-state index contributed by atoms with van der Waals surface area (Å²) in [5.74, 6) is 0. The second-order valence-electron chi connectivity index (χ2n) is 4.45. The Morgan fingerprint density at radius 2 is 1.29 bits per heavy atom. The molecule has 0 aromatic rings. The van der Waals surface area contributed by atoms with E-state index in [0.29, 0.717) is 0 Å². The van der Waals surface area contributed by atoms with Gasteiger partial charge in [0.2, 0.25) is 0 Å². The minimum absolute atomic E-state index is 0.0589. The van der Waals surface area contributed by atoms with Crippen molar-refractivity contribution in [2.24, 2.45) is 0 Å². The van der Waals surface area contributed by atoms with Gasteiger partial charge in [0, 0.05) is 0 Å². The molecule has 14 heavy (non-hydrogen) atoms. The van der Waals surface area contributed by atoms with E-state index in [4.69, 9.17) is 9.05 Å². The van der Waals surface area contributed by atoms with E-state index in [1.165, 1.54) is 27.7 Å². The molecule has 0 aromatic carbocycles. The highest BCUT2D eigenvalue weighted by Crippen LogP contribution is 2.26. The van der Waals surface area contributed by atoms with Crippen molar-refractivity contribution in [3.63, 3.8) is 0 Å². The van der Waals surface area contributed by atoms with E-state index in [0.717, 1.165) is 0 Å². The Labute approximate surface area is 85.0 Å². The molecule has 0 saturated heterocycles. The van der Waals surface area contributed by atoms with Gasteiger partial charge in [-0.3, -0.25) is 4.57 Å². The van der Waals surface area contributed by atoms with Crippen LogP contribution in [0, 0.1) is 0 Å². The average Bonchev–Trinajstić information content (AvgIpc) is 1.94. The fourth-order valence-electron chi connectivity index (χ4n) is 0.513. The molecule has 0 amide bonds. The molecule has 5 nitrogen and oxygen atoms in total. The van der Waals surface area contributed by atoms with E-state index in [1.54, 1.807) is 0 Å². The molecule has 0 aliphatic carbocycles. The molecule has 0 spiro atoms. The molecule has 0 saturated carbocycles. The van der Waals surface area contributed by atoms with Crippen LogP contribution in [0.2, 0.25) is 0 Å². The molecule has 2 N–H and O–H groups in total. The van der Waals surface area contributed by atoms with Crippen molar-refractivity contribution in [1.29, 1.82) is 0 Å². The van der Waals surface area contributed by atoms with Gasteiger partial charge in [0.15, 0.2) is 0 Å². The van der Waals surface area contributed by atoms with Crippen LogP contribution in [-0.2, 0) is 13.6 Å². The summed E-state index contributed by atoms with van der Waals surface area (Å²) in [4.78, 5) is 0. The summed E-state index contributed by atoms with van der Waals surface area (Å²) in [6, 6.07) is 0. The molecule has 0 aliphatic rings. The van der Waals surface area contributed by atoms with Crippen LogP contribution in [-0.4, -0.2) is 34.6 Å². The fourth-order valence-corrected chi connectivity index (χ4v) is 1.54. The largest absolute Gasteiger partial charge is 0.388 e. The van der Waals surface area contributed by atoms with E-state index < -0.39 is 19.5 Å². The van der Waals surface area contributed by atoms with E-state index in [1.807, 2.05) is 0 Å². The van der Waals surface area contributed by atoms with E-state index in [-0.39, 0.29) is 13.2 Å². The first-order chi connectivity index (χ1) is 6.10. The zero-order valence-corrected chi connectivity index (χ0v) is 10.0. The molecule has 0 unspecified atom stereocenters. The lowest BCUT2D eigenvalue weighted by molar-refractivity contribution is 0.00669. The second kappa shape index (κ2) is 5.24. The van der Waals surface area contributed by atoms with E-state index >= 15 is 0 Å². The maximum Gasteiger partial charge on any atom is 0.319 e. The van der Waals surface area contributed by atoms with Crippen LogP contribution >= 0.6 is 8.25 Å². The van der Waals surface area contributed by atoms with Crippen LogP contribution in [0.5, 0.6) is 0 Å².